The number of rotatable bonds is 7. The van der Waals surface area contributed by atoms with E-state index in [-0.39, 0.29) is 11.0 Å². The molecule has 1 atom stereocenters. The van der Waals surface area contributed by atoms with Crippen LogP contribution in [0.3, 0.4) is 0 Å². The Hall–Kier alpha value is -0.890. The van der Waals surface area contributed by atoms with Crippen molar-refractivity contribution in [2.45, 2.75) is 36.9 Å². The van der Waals surface area contributed by atoms with E-state index in [1.54, 1.807) is 19.2 Å². The van der Waals surface area contributed by atoms with Gasteiger partial charge in [-0.05, 0) is 37.3 Å². The summed E-state index contributed by atoms with van der Waals surface area (Å²) in [7, 11) is -1.87. The topological polar surface area (TPSA) is 71.8 Å². The summed E-state index contributed by atoms with van der Waals surface area (Å²) in [6, 6.07) is 3.87. The van der Waals surface area contributed by atoms with Crippen molar-refractivity contribution in [3.63, 3.8) is 0 Å². The van der Waals surface area contributed by atoms with E-state index >= 15 is 0 Å². The zero-order chi connectivity index (χ0) is 14.9. The molecule has 0 radical (unpaired) electrons. The summed E-state index contributed by atoms with van der Waals surface area (Å²) in [5, 5.41) is 3.36. The Balaban J connectivity index is 1.64. The Morgan fingerprint density at radius 2 is 2.19 bits per heavy atom. The molecule has 1 aliphatic heterocycles. The minimum absolute atomic E-state index is 0.0492. The fourth-order valence-electron chi connectivity index (χ4n) is 2.64. The average molecular weight is 314 g/mol. The lowest BCUT2D eigenvalue weighted by atomic mass is 10.1. The van der Waals surface area contributed by atoms with Gasteiger partial charge in [0.05, 0.1) is 13.2 Å². The SMILES string of the molecule is COCC1CCN(S(=O)(=O)c2ccc(CNC3CC3)o2)C1. The van der Waals surface area contributed by atoms with Gasteiger partial charge in [0, 0.05) is 26.2 Å². The molecule has 2 heterocycles. The smallest absolute Gasteiger partial charge is 0.276 e. The van der Waals surface area contributed by atoms with Crippen LogP contribution >= 0.6 is 0 Å². The maximum Gasteiger partial charge on any atom is 0.276 e. The molecule has 1 N–H and O–H groups in total. The van der Waals surface area contributed by atoms with Crippen molar-refractivity contribution in [2.24, 2.45) is 5.92 Å². The van der Waals surface area contributed by atoms with E-state index < -0.39 is 10.0 Å². The molecule has 1 saturated heterocycles. The molecule has 118 valence electrons. The van der Waals surface area contributed by atoms with Crippen LogP contribution < -0.4 is 5.32 Å². The van der Waals surface area contributed by atoms with Crippen LogP contribution in [0.4, 0.5) is 0 Å². The Morgan fingerprint density at radius 1 is 1.38 bits per heavy atom. The average Bonchev–Trinajstić information content (AvgIpc) is 2.97. The lowest BCUT2D eigenvalue weighted by Crippen LogP contribution is -2.29. The van der Waals surface area contributed by atoms with Crippen LogP contribution in [-0.2, 0) is 21.3 Å². The van der Waals surface area contributed by atoms with Crippen LogP contribution in [0.5, 0.6) is 0 Å². The number of sulfonamides is 1. The molecule has 1 aliphatic carbocycles. The molecule has 1 saturated carbocycles. The van der Waals surface area contributed by atoms with E-state index in [0.717, 1.165) is 6.42 Å². The first-order valence-corrected chi connectivity index (χ1v) is 8.85. The normalized spacial score (nSPS) is 23.8. The molecule has 2 fully saturated rings. The fraction of sp³-hybridized carbons (Fsp3) is 0.714. The van der Waals surface area contributed by atoms with Crippen LogP contribution in [0.15, 0.2) is 21.6 Å². The number of methoxy groups -OCH3 is 1. The molecule has 21 heavy (non-hydrogen) atoms. The molecule has 1 aromatic heterocycles. The number of ether oxygens (including phenoxy) is 1. The van der Waals surface area contributed by atoms with Crippen LogP contribution in [0.1, 0.15) is 25.0 Å². The molecule has 3 rings (SSSR count). The quantitative estimate of drug-likeness (QED) is 0.818. The minimum atomic E-state index is -3.51. The molecule has 2 aliphatic rings. The molecule has 1 aromatic rings. The molecule has 0 bridgehead atoms. The second-order valence-corrected chi connectivity index (χ2v) is 7.72. The van der Waals surface area contributed by atoms with E-state index in [1.807, 2.05) is 0 Å². The summed E-state index contributed by atoms with van der Waals surface area (Å²) in [4.78, 5) is 0. The highest BCUT2D eigenvalue weighted by Gasteiger charge is 2.34. The highest BCUT2D eigenvalue weighted by atomic mass is 32.2. The Labute approximate surface area is 125 Å². The molecule has 0 spiro atoms. The van der Waals surface area contributed by atoms with E-state index in [9.17, 15) is 8.42 Å². The third-order valence-corrected chi connectivity index (χ3v) is 5.76. The summed E-state index contributed by atoms with van der Waals surface area (Å²) in [6.07, 6.45) is 3.23. The third-order valence-electron chi connectivity index (χ3n) is 4.02. The number of hydrogen-bond acceptors (Lipinski definition) is 5. The lowest BCUT2D eigenvalue weighted by Gasteiger charge is -2.14. The van der Waals surface area contributed by atoms with Crippen molar-refractivity contribution in [2.75, 3.05) is 26.8 Å². The van der Waals surface area contributed by atoms with Crippen molar-refractivity contribution >= 4 is 10.0 Å². The summed E-state index contributed by atoms with van der Waals surface area (Å²) in [5.41, 5.74) is 0. The van der Waals surface area contributed by atoms with Crippen LogP contribution in [0, 0.1) is 5.92 Å². The predicted octanol–water partition coefficient (Wildman–Crippen LogP) is 1.19. The maximum absolute atomic E-state index is 12.5. The zero-order valence-corrected chi connectivity index (χ0v) is 13.1. The van der Waals surface area contributed by atoms with Gasteiger partial charge in [0.2, 0.25) is 5.09 Å². The number of furan rings is 1. The van der Waals surface area contributed by atoms with Crippen LogP contribution in [-0.4, -0.2) is 45.6 Å². The van der Waals surface area contributed by atoms with E-state index in [4.69, 9.17) is 9.15 Å². The maximum atomic E-state index is 12.5. The van der Waals surface area contributed by atoms with Gasteiger partial charge >= 0.3 is 0 Å². The molecular formula is C14H22N2O4S. The van der Waals surface area contributed by atoms with Gasteiger partial charge in [-0.15, -0.1) is 0 Å². The molecule has 1 unspecified atom stereocenters. The summed E-state index contributed by atoms with van der Waals surface area (Å²) in [5.74, 6) is 0.948. The molecule has 7 heteroatoms. The lowest BCUT2D eigenvalue weighted by molar-refractivity contribution is 0.157. The first-order valence-electron chi connectivity index (χ1n) is 7.41. The third kappa shape index (κ3) is 3.48. The van der Waals surface area contributed by atoms with Gasteiger partial charge in [-0.3, -0.25) is 0 Å². The number of hydrogen-bond donors (Lipinski definition) is 1. The van der Waals surface area contributed by atoms with Crippen LogP contribution in [0.25, 0.3) is 0 Å². The summed E-state index contributed by atoms with van der Waals surface area (Å²) >= 11 is 0. The van der Waals surface area contributed by atoms with E-state index in [2.05, 4.69) is 5.32 Å². The minimum Gasteiger partial charge on any atom is -0.447 e. The molecule has 6 nitrogen and oxygen atoms in total. The molecule has 0 amide bonds. The highest BCUT2D eigenvalue weighted by molar-refractivity contribution is 7.89. The van der Waals surface area contributed by atoms with Crippen molar-refractivity contribution in [3.05, 3.63) is 17.9 Å². The van der Waals surface area contributed by atoms with Gasteiger partial charge in [-0.25, -0.2) is 8.42 Å². The van der Waals surface area contributed by atoms with Crippen molar-refractivity contribution < 1.29 is 17.6 Å². The summed E-state index contributed by atoms with van der Waals surface area (Å²) in [6.45, 7) is 2.23. The monoisotopic (exact) mass is 314 g/mol. The van der Waals surface area contributed by atoms with Crippen LogP contribution in [0.2, 0.25) is 0 Å². The standard InChI is InChI=1S/C14H22N2O4S/c1-19-10-11-6-7-16(9-11)21(17,18)14-5-4-13(20-14)8-15-12-2-3-12/h4-5,11-12,15H,2-3,6-10H2,1H3. The second-order valence-electron chi connectivity index (χ2n) is 5.85. The molecular weight excluding hydrogens is 292 g/mol. The van der Waals surface area contributed by atoms with Gasteiger partial charge in [0.15, 0.2) is 0 Å². The van der Waals surface area contributed by atoms with Gasteiger partial charge in [-0.1, -0.05) is 0 Å². The first kappa shape index (κ1) is 15.0. The van der Waals surface area contributed by atoms with Gasteiger partial charge in [0.1, 0.15) is 5.76 Å². The van der Waals surface area contributed by atoms with Gasteiger partial charge < -0.3 is 14.5 Å². The van der Waals surface area contributed by atoms with E-state index in [0.29, 0.717) is 38.0 Å². The van der Waals surface area contributed by atoms with E-state index in [1.165, 1.54) is 17.1 Å². The zero-order valence-electron chi connectivity index (χ0n) is 12.2. The largest absolute Gasteiger partial charge is 0.447 e. The van der Waals surface area contributed by atoms with Crippen molar-refractivity contribution in [1.82, 2.24) is 9.62 Å². The second kappa shape index (κ2) is 6.08. The number of nitrogens with zero attached hydrogens (tertiary/aromatic N) is 1. The highest BCUT2D eigenvalue weighted by Crippen LogP contribution is 2.26. The Kier molecular flexibility index (Phi) is 4.35. The Bertz CT molecular complexity index is 580. The van der Waals surface area contributed by atoms with Gasteiger partial charge in [-0.2, -0.15) is 4.31 Å². The number of nitrogens with one attached hydrogen (secondary N) is 1. The molecule has 0 aromatic carbocycles. The predicted molar refractivity (Wildman–Crippen MR) is 77.3 cm³/mol. The summed E-state index contributed by atoms with van der Waals surface area (Å²) < 4.78 is 37.1. The van der Waals surface area contributed by atoms with Crippen molar-refractivity contribution in [1.29, 1.82) is 0 Å². The first-order chi connectivity index (χ1) is 10.1. The van der Waals surface area contributed by atoms with Crippen molar-refractivity contribution in [3.8, 4) is 0 Å². The van der Waals surface area contributed by atoms with Gasteiger partial charge in [0.25, 0.3) is 10.0 Å². The Morgan fingerprint density at radius 3 is 2.90 bits per heavy atom. The fourth-order valence-corrected chi connectivity index (χ4v) is 4.10.